The summed E-state index contributed by atoms with van der Waals surface area (Å²) in [7, 11) is -3.54. The molecular weight excluding hydrogens is 464 g/mol. The molecule has 6 nitrogen and oxygen atoms in total. The Bertz CT molecular complexity index is 1280. The number of anilines is 1. The number of sulfonamides is 1. The van der Waals surface area contributed by atoms with Crippen molar-refractivity contribution in [1.29, 1.82) is 0 Å². The molecule has 0 aliphatic rings. The lowest BCUT2D eigenvalue weighted by Crippen LogP contribution is -2.29. The maximum atomic E-state index is 12.4. The van der Waals surface area contributed by atoms with Gasteiger partial charge in [0.25, 0.3) is 0 Å². The van der Waals surface area contributed by atoms with E-state index in [1.807, 2.05) is 48.5 Å². The van der Waals surface area contributed by atoms with Crippen LogP contribution < -0.4 is 10.0 Å². The lowest BCUT2D eigenvalue weighted by atomic mass is 10.2. The second kappa shape index (κ2) is 8.91. The maximum Gasteiger partial charge on any atom is 0.240 e. The van der Waals surface area contributed by atoms with Gasteiger partial charge in [-0.1, -0.05) is 58.4 Å². The summed E-state index contributed by atoms with van der Waals surface area (Å²) >= 11 is 3.48. The molecule has 2 N–H and O–H groups in total. The highest BCUT2D eigenvalue weighted by atomic mass is 79.9. The Morgan fingerprint density at radius 3 is 2.40 bits per heavy atom. The van der Waals surface area contributed by atoms with Crippen molar-refractivity contribution in [1.82, 2.24) is 14.7 Å². The Balaban J connectivity index is 1.54. The zero-order chi connectivity index (χ0) is 21.0. The third-order valence-corrected chi connectivity index (χ3v) is 6.42. The molecule has 1 heterocycles. The molecule has 0 saturated carbocycles. The lowest BCUT2D eigenvalue weighted by Gasteiger charge is -2.12. The van der Waals surface area contributed by atoms with Gasteiger partial charge in [-0.2, -0.15) is 0 Å². The first kappa shape index (κ1) is 20.5. The predicted octanol–water partition coefficient (Wildman–Crippen LogP) is 4.45. The summed E-state index contributed by atoms with van der Waals surface area (Å²) in [6.07, 6.45) is 0. The fourth-order valence-corrected chi connectivity index (χ4v) is 4.47. The molecule has 0 fully saturated rings. The summed E-state index contributed by atoms with van der Waals surface area (Å²) in [5.41, 5.74) is 1.71. The SMILES string of the molecule is O=S(=O)(NCCNc1nc(-c2cccc(Br)c2)nc2ccccc12)c1ccccc1. The van der Waals surface area contributed by atoms with Gasteiger partial charge in [-0.15, -0.1) is 0 Å². The number of hydrogen-bond donors (Lipinski definition) is 2. The highest BCUT2D eigenvalue weighted by Crippen LogP contribution is 2.26. The summed E-state index contributed by atoms with van der Waals surface area (Å²) in [6.45, 7) is 0.604. The Morgan fingerprint density at radius 1 is 0.833 bits per heavy atom. The van der Waals surface area contributed by atoms with Gasteiger partial charge in [0.15, 0.2) is 5.82 Å². The quantitative estimate of drug-likeness (QED) is 0.380. The molecule has 1 aromatic heterocycles. The number of nitrogens with one attached hydrogen (secondary N) is 2. The minimum Gasteiger partial charge on any atom is -0.368 e. The van der Waals surface area contributed by atoms with Gasteiger partial charge in [-0.25, -0.2) is 23.1 Å². The van der Waals surface area contributed by atoms with Crippen LogP contribution in [0.25, 0.3) is 22.3 Å². The average Bonchev–Trinajstić information content (AvgIpc) is 2.77. The van der Waals surface area contributed by atoms with Crippen molar-refractivity contribution in [3.8, 4) is 11.4 Å². The average molecular weight is 483 g/mol. The fraction of sp³-hybridized carbons (Fsp3) is 0.0909. The third kappa shape index (κ3) is 4.67. The summed E-state index contributed by atoms with van der Waals surface area (Å²) in [4.78, 5) is 9.60. The lowest BCUT2D eigenvalue weighted by molar-refractivity contribution is 0.583. The molecule has 8 heteroatoms. The maximum absolute atomic E-state index is 12.4. The number of fused-ring (bicyclic) bond motifs is 1. The number of halogens is 1. The molecule has 0 aliphatic carbocycles. The molecule has 3 aromatic carbocycles. The Morgan fingerprint density at radius 2 is 1.60 bits per heavy atom. The molecule has 0 radical (unpaired) electrons. The summed E-state index contributed by atoms with van der Waals surface area (Å²) < 4.78 is 28.3. The Labute approximate surface area is 183 Å². The van der Waals surface area contributed by atoms with Gasteiger partial charge in [0.1, 0.15) is 5.82 Å². The molecule has 4 aromatic rings. The Kier molecular flexibility index (Phi) is 6.08. The minimum atomic E-state index is -3.54. The van der Waals surface area contributed by atoms with Gasteiger partial charge in [0.2, 0.25) is 10.0 Å². The third-order valence-electron chi connectivity index (χ3n) is 4.45. The predicted molar refractivity (Wildman–Crippen MR) is 123 cm³/mol. The second-order valence-corrected chi connectivity index (χ2v) is 9.24. The molecule has 0 saturated heterocycles. The monoisotopic (exact) mass is 482 g/mol. The van der Waals surface area contributed by atoms with Gasteiger partial charge in [0.05, 0.1) is 10.4 Å². The summed E-state index contributed by atoms with van der Waals surface area (Å²) in [5, 5.41) is 4.12. The smallest absolute Gasteiger partial charge is 0.240 e. The van der Waals surface area contributed by atoms with Crippen LogP contribution in [0, 0.1) is 0 Å². The molecule has 0 aliphatic heterocycles. The minimum absolute atomic E-state index is 0.224. The number of aromatic nitrogens is 2. The molecule has 0 spiro atoms. The Hall–Kier alpha value is -2.81. The van der Waals surface area contributed by atoms with Gasteiger partial charge in [-0.05, 0) is 36.4 Å². The van der Waals surface area contributed by atoms with Crippen molar-refractivity contribution in [2.75, 3.05) is 18.4 Å². The number of rotatable bonds is 7. The molecule has 152 valence electrons. The van der Waals surface area contributed by atoms with E-state index < -0.39 is 10.0 Å². The molecule has 4 rings (SSSR count). The van der Waals surface area contributed by atoms with E-state index >= 15 is 0 Å². The van der Waals surface area contributed by atoms with Crippen LogP contribution in [0.3, 0.4) is 0 Å². The van der Waals surface area contributed by atoms with Gasteiger partial charge >= 0.3 is 0 Å². The van der Waals surface area contributed by atoms with Crippen molar-refractivity contribution >= 4 is 42.7 Å². The topological polar surface area (TPSA) is 84.0 Å². The van der Waals surface area contributed by atoms with E-state index in [2.05, 4.69) is 35.9 Å². The molecule has 30 heavy (non-hydrogen) atoms. The van der Waals surface area contributed by atoms with E-state index in [1.54, 1.807) is 30.3 Å². The van der Waals surface area contributed by atoms with Crippen LogP contribution in [-0.2, 0) is 10.0 Å². The molecule has 0 atom stereocenters. The van der Waals surface area contributed by atoms with Crippen molar-refractivity contribution < 1.29 is 8.42 Å². The highest BCUT2D eigenvalue weighted by Gasteiger charge is 2.13. The van der Waals surface area contributed by atoms with E-state index in [0.29, 0.717) is 18.2 Å². The van der Waals surface area contributed by atoms with Crippen molar-refractivity contribution in [3.63, 3.8) is 0 Å². The number of nitrogens with zero attached hydrogens (tertiary/aromatic N) is 2. The van der Waals surface area contributed by atoms with Gasteiger partial charge in [0, 0.05) is 28.5 Å². The molecule has 0 amide bonds. The van der Waals surface area contributed by atoms with Gasteiger partial charge in [-0.3, -0.25) is 0 Å². The molecule has 0 bridgehead atoms. The molecule has 0 unspecified atom stereocenters. The van der Waals surface area contributed by atoms with Crippen LogP contribution in [0.4, 0.5) is 5.82 Å². The number of hydrogen-bond acceptors (Lipinski definition) is 5. The van der Waals surface area contributed by atoms with Crippen LogP contribution in [0.15, 0.2) is 88.2 Å². The van der Waals surface area contributed by atoms with E-state index in [0.717, 1.165) is 20.9 Å². The van der Waals surface area contributed by atoms with Gasteiger partial charge < -0.3 is 5.32 Å². The van der Waals surface area contributed by atoms with Crippen LogP contribution in [0.5, 0.6) is 0 Å². The summed E-state index contributed by atoms with van der Waals surface area (Å²) in [5.74, 6) is 1.26. The summed E-state index contributed by atoms with van der Waals surface area (Å²) in [6, 6.07) is 23.8. The normalized spacial score (nSPS) is 11.5. The van der Waals surface area contributed by atoms with Crippen LogP contribution in [0.1, 0.15) is 0 Å². The van der Waals surface area contributed by atoms with Crippen LogP contribution >= 0.6 is 15.9 Å². The van der Waals surface area contributed by atoms with Crippen LogP contribution in [0.2, 0.25) is 0 Å². The first-order valence-electron chi connectivity index (χ1n) is 9.34. The standard InChI is InChI=1S/C22H19BrN4O2S/c23-17-8-6-7-16(15-17)21-26-20-12-5-4-11-19(20)22(27-21)24-13-14-25-30(28,29)18-9-2-1-3-10-18/h1-12,15,25H,13-14H2,(H,24,26,27). The molecular formula is C22H19BrN4O2S. The van der Waals surface area contributed by atoms with Crippen molar-refractivity contribution in [3.05, 3.63) is 83.3 Å². The van der Waals surface area contributed by atoms with Crippen molar-refractivity contribution in [2.24, 2.45) is 0 Å². The first-order chi connectivity index (χ1) is 14.5. The number of benzene rings is 3. The van der Waals surface area contributed by atoms with E-state index in [-0.39, 0.29) is 11.4 Å². The van der Waals surface area contributed by atoms with Crippen molar-refractivity contribution in [2.45, 2.75) is 4.90 Å². The largest absolute Gasteiger partial charge is 0.368 e. The van der Waals surface area contributed by atoms with E-state index in [1.165, 1.54) is 0 Å². The van der Waals surface area contributed by atoms with E-state index in [9.17, 15) is 8.42 Å². The zero-order valence-electron chi connectivity index (χ0n) is 15.9. The fourth-order valence-electron chi connectivity index (χ4n) is 3.02. The number of para-hydroxylation sites is 1. The van der Waals surface area contributed by atoms with E-state index in [4.69, 9.17) is 0 Å². The van der Waals surface area contributed by atoms with Crippen LogP contribution in [-0.4, -0.2) is 31.5 Å². The zero-order valence-corrected chi connectivity index (χ0v) is 18.3. The highest BCUT2D eigenvalue weighted by molar-refractivity contribution is 9.10. The second-order valence-electron chi connectivity index (χ2n) is 6.56. The first-order valence-corrected chi connectivity index (χ1v) is 11.6.